The molecule has 0 saturated heterocycles. The molecule has 0 fully saturated rings. The van der Waals surface area contributed by atoms with Crippen LogP contribution in [-0.2, 0) is 6.54 Å². The van der Waals surface area contributed by atoms with Crippen LogP contribution >= 0.6 is 0 Å². The topological polar surface area (TPSA) is 63.5 Å². The lowest BCUT2D eigenvalue weighted by Gasteiger charge is -2.16. The summed E-state index contributed by atoms with van der Waals surface area (Å²) in [6, 6.07) is 6.10. The maximum Gasteiger partial charge on any atom is 0.231 e. The van der Waals surface area contributed by atoms with Gasteiger partial charge in [-0.1, -0.05) is 0 Å². The first-order chi connectivity index (χ1) is 9.05. The first-order valence-electron chi connectivity index (χ1n) is 6.14. The molecule has 2 rings (SSSR count). The highest BCUT2D eigenvalue weighted by Crippen LogP contribution is 2.41. The van der Waals surface area contributed by atoms with E-state index in [1.165, 1.54) is 0 Å². The second-order valence-corrected chi connectivity index (χ2v) is 5.13. The van der Waals surface area contributed by atoms with Crippen molar-refractivity contribution in [2.75, 3.05) is 20.4 Å². The molecule has 0 aromatic heterocycles. The Kier molecular flexibility index (Phi) is 3.82. The fourth-order valence-corrected chi connectivity index (χ4v) is 1.84. The number of nitriles is 1. The molecule has 0 bridgehead atoms. The second-order valence-electron chi connectivity index (χ2n) is 5.13. The Morgan fingerprint density at radius 2 is 2.21 bits per heavy atom. The van der Waals surface area contributed by atoms with Crippen molar-refractivity contribution in [2.24, 2.45) is 5.41 Å². The third-order valence-electron chi connectivity index (χ3n) is 2.92. The average Bonchev–Trinajstić information content (AvgIpc) is 2.85. The molecule has 0 radical (unpaired) electrons. The van der Waals surface area contributed by atoms with Crippen molar-refractivity contribution in [3.05, 3.63) is 17.7 Å². The van der Waals surface area contributed by atoms with Crippen LogP contribution in [0.3, 0.4) is 0 Å². The fraction of sp³-hybridized carbons (Fsp3) is 0.500. The van der Waals surface area contributed by atoms with E-state index in [9.17, 15) is 0 Å². The lowest BCUT2D eigenvalue weighted by Crippen LogP contribution is -2.27. The highest BCUT2D eigenvalue weighted by molar-refractivity contribution is 5.55. The highest BCUT2D eigenvalue weighted by atomic mass is 16.7. The van der Waals surface area contributed by atoms with Crippen LogP contribution in [0, 0.1) is 16.7 Å². The van der Waals surface area contributed by atoms with E-state index in [1.54, 1.807) is 7.11 Å². The molecule has 0 aliphatic carbocycles. The van der Waals surface area contributed by atoms with Crippen LogP contribution in [0.15, 0.2) is 12.1 Å². The summed E-state index contributed by atoms with van der Waals surface area (Å²) in [5, 5.41) is 12.2. The normalized spacial score (nSPS) is 13.2. The van der Waals surface area contributed by atoms with Crippen molar-refractivity contribution in [3.8, 4) is 23.3 Å². The zero-order valence-electron chi connectivity index (χ0n) is 11.4. The monoisotopic (exact) mass is 262 g/mol. The van der Waals surface area contributed by atoms with Crippen LogP contribution in [0.25, 0.3) is 0 Å². The van der Waals surface area contributed by atoms with Crippen LogP contribution in [0.5, 0.6) is 17.2 Å². The van der Waals surface area contributed by atoms with Crippen molar-refractivity contribution >= 4 is 0 Å². The number of hydrogen-bond donors (Lipinski definition) is 1. The van der Waals surface area contributed by atoms with E-state index in [-0.39, 0.29) is 12.2 Å². The Morgan fingerprint density at radius 3 is 2.89 bits per heavy atom. The number of methoxy groups -OCH3 is 1. The first-order valence-corrected chi connectivity index (χ1v) is 6.14. The molecule has 1 aliphatic rings. The quantitative estimate of drug-likeness (QED) is 0.880. The van der Waals surface area contributed by atoms with Gasteiger partial charge in [0.1, 0.15) is 0 Å². The van der Waals surface area contributed by atoms with Crippen LogP contribution in [-0.4, -0.2) is 20.4 Å². The van der Waals surface area contributed by atoms with Gasteiger partial charge in [0.05, 0.1) is 18.6 Å². The Labute approximate surface area is 113 Å². The lowest BCUT2D eigenvalue weighted by molar-refractivity contribution is 0.171. The number of rotatable bonds is 5. The van der Waals surface area contributed by atoms with Gasteiger partial charge in [0.2, 0.25) is 12.5 Å². The van der Waals surface area contributed by atoms with Gasteiger partial charge in [0.15, 0.2) is 11.5 Å². The average molecular weight is 262 g/mol. The minimum Gasteiger partial charge on any atom is -0.493 e. The standard InChI is InChI=1S/C14H18N2O3/c1-14(2,7-15)8-16-6-10-4-11(17-3)13-12(5-10)18-9-19-13/h4-5,16H,6,8-9H2,1-3H3. The minimum atomic E-state index is -0.375. The van der Waals surface area contributed by atoms with Gasteiger partial charge < -0.3 is 19.5 Å². The van der Waals surface area contributed by atoms with Gasteiger partial charge in [0, 0.05) is 13.1 Å². The summed E-state index contributed by atoms with van der Waals surface area (Å²) in [5.74, 6) is 2.03. The first kappa shape index (κ1) is 13.5. The number of benzene rings is 1. The van der Waals surface area contributed by atoms with E-state index in [0.29, 0.717) is 30.3 Å². The molecule has 1 N–H and O–H groups in total. The summed E-state index contributed by atoms with van der Waals surface area (Å²) in [6.45, 7) is 5.31. The Bertz CT molecular complexity index is 506. The van der Waals surface area contributed by atoms with Gasteiger partial charge in [-0.3, -0.25) is 0 Å². The Balaban J connectivity index is 2.04. The molecule has 1 aliphatic heterocycles. The summed E-state index contributed by atoms with van der Waals surface area (Å²) >= 11 is 0. The molecule has 5 nitrogen and oxygen atoms in total. The van der Waals surface area contributed by atoms with Crippen LogP contribution < -0.4 is 19.5 Å². The molecule has 0 amide bonds. The number of hydrogen-bond acceptors (Lipinski definition) is 5. The van der Waals surface area contributed by atoms with Gasteiger partial charge in [-0.2, -0.15) is 5.26 Å². The lowest BCUT2D eigenvalue weighted by atomic mass is 9.96. The molecule has 0 saturated carbocycles. The van der Waals surface area contributed by atoms with E-state index in [4.69, 9.17) is 19.5 Å². The number of fused-ring (bicyclic) bond motifs is 1. The third kappa shape index (κ3) is 3.09. The molecule has 19 heavy (non-hydrogen) atoms. The molecule has 102 valence electrons. The van der Waals surface area contributed by atoms with Crippen molar-refractivity contribution in [2.45, 2.75) is 20.4 Å². The van der Waals surface area contributed by atoms with Gasteiger partial charge in [-0.05, 0) is 31.5 Å². The van der Waals surface area contributed by atoms with E-state index >= 15 is 0 Å². The SMILES string of the molecule is COc1cc(CNCC(C)(C)C#N)cc2c1OCO2. The minimum absolute atomic E-state index is 0.226. The van der Waals surface area contributed by atoms with E-state index in [0.717, 1.165) is 5.56 Å². The Hall–Kier alpha value is -1.93. The smallest absolute Gasteiger partial charge is 0.231 e. The second kappa shape index (κ2) is 5.37. The summed E-state index contributed by atoms with van der Waals surface area (Å²) in [7, 11) is 1.60. The van der Waals surface area contributed by atoms with Gasteiger partial charge in [-0.25, -0.2) is 0 Å². The van der Waals surface area contributed by atoms with Crippen molar-refractivity contribution < 1.29 is 14.2 Å². The number of nitrogens with one attached hydrogen (secondary N) is 1. The maximum absolute atomic E-state index is 8.95. The predicted octanol–water partition coefficient (Wildman–Crippen LogP) is 2.06. The van der Waals surface area contributed by atoms with Gasteiger partial charge in [-0.15, -0.1) is 0 Å². The summed E-state index contributed by atoms with van der Waals surface area (Å²) in [4.78, 5) is 0. The molecule has 0 spiro atoms. The zero-order chi connectivity index (χ0) is 13.9. The zero-order valence-corrected chi connectivity index (χ0v) is 11.4. The van der Waals surface area contributed by atoms with Gasteiger partial charge in [0.25, 0.3) is 0 Å². The Morgan fingerprint density at radius 1 is 1.42 bits per heavy atom. The molecule has 0 unspecified atom stereocenters. The maximum atomic E-state index is 8.95. The van der Waals surface area contributed by atoms with Gasteiger partial charge >= 0.3 is 0 Å². The summed E-state index contributed by atoms with van der Waals surface area (Å²) in [5.41, 5.74) is 0.662. The number of nitrogens with zero attached hydrogens (tertiary/aromatic N) is 1. The van der Waals surface area contributed by atoms with Crippen LogP contribution in [0.1, 0.15) is 19.4 Å². The fourth-order valence-electron chi connectivity index (χ4n) is 1.84. The third-order valence-corrected chi connectivity index (χ3v) is 2.92. The van der Waals surface area contributed by atoms with Crippen molar-refractivity contribution in [3.63, 3.8) is 0 Å². The van der Waals surface area contributed by atoms with Crippen LogP contribution in [0.4, 0.5) is 0 Å². The summed E-state index contributed by atoms with van der Waals surface area (Å²) < 4.78 is 16.0. The molecule has 0 atom stereocenters. The molecule has 1 aromatic rings. The molecule has 1 aromatic carbocycles. The van der Waals surface area contributed by atoms with E-state index < -0.39 is 0 Å². The van der Waals surface area contributed by atoms with Crippen LogP contribution in [0.2, 0.25) is 0 Å². The molecular formula is C14H18N2O3. The van der Waals surface area contributed by atoms with E-state index in [2.05, 4.69) is 11.4 Å². The molecule has 1 heterocycles. The van der Waals surface area contributed by atoms with Crippen molar-refractivity contribution in [1.29, 1.82) is 5.26 Å². The van der Waals surface area contributed by atoms with E-state index in [1.807, 2.05) is 26.0 Å². The summed E-state index contributed by atoms with van der Waals surface area (Å²) in [6.07, 6.45) is 0. The number of ether oxygens (including phenoxy) is 3. The molecular weight excluding hydrogens is 244 g/mol. The molecule has 5 heteroatoms. The predicted molar refractivity (Wildman–Crippen MR) is 70.2 cm³/mol. The van der Waals surface area contributed by atoms with Crippen molar-refractivity contribution in [1.82, 2.24) is 5.32 Å². The largest absolute Gasteiger partial charge is 0.493 e. The highest BCUT2D eigenvalue weighted by Gasteiger charge is 2.20.